The molecule has 0 radical (unpaired) electrons. The third-order valence-electron chi connectivity index (χ3n) is 1.63. The highest BCUT2D eigenvalue weighted by Crippen LogP contribution is 2.27. The van der Waals surface area contributed by atoms with Crippen molar-refractivity contribution in [1.29, 1.82) is 0 Å². The van der Waals surface area contributed by atoms with Gasteiger partial charge < -0.3 is 9.84 Å². The number of phenols is 1. The molecule has 1 aromatic carbocycles. The number of hydrogen-bond acceptors (Lipinski definition) is 2. The minimum atomic E-state index is 0. The first-order chi connectivity index (χ1) is 5.36. The van der Waals surface area contributed by atoms with E-state index in [0.717, 1.165) is 11.3 Å². The van der Waals surface area contributed by atoms with E-state index < -0.39 is 0 Å². The van der Waals surface area contributed by atoms with Crippen LogP contribution in [0.15, 0.2) is 24.3 Å². The highest BCUT2D eigenvalue weighted by atomic mass is 35.5. The van der Waals surface area contributed by atoms with E-state index in [1.807, 2.05) is 18.2 Å². The summed E-state index contributed by atoms with van der Waals surface area (Å²) in [6, 6.07) is 5.11. The van der Waals surface area contributed by atoms with E-state index in [9.17, 15) is 0 Å². The molecule has 64 valence electrons. The van der Waals surface area contributed by atoms with Crippen molar-refractivity contribution < 1.29 is 9.84 Å². The monoisotopic (exact) mass is 184 g/mol. The molecule has 1 aliphatic rings. The maximum atomic E-state index is 9.08. The summed E-state index contributed by atoms with van der Waals surface area (Å²) in [5.74, 6) is 1.01. The number of aromatic hydroxyl groups is 1. The topological polar surface area (TPSA) is 29.5 Å². The lowest BCUT2D eigenvalue weighted by Gasteiger charge is -2.11. The molecule has 0 saturated heterocycles. The van der Waals surface area contributed by atoms with Crippen molar-refractivity contribution in [3.8, 4) is 11.5 Å². The first-order valence-corrected chi connectivity index (χ1v) is 3.48. The fourth-order valence-electron chi connectivity index (χ4n) is 1.10. The second kappa shape index (κ2) is 3.50. The van der Waals surface area contributed by atoms with E-state index >= 15 is 0 Å². The van der Waals surface area contributed by atoms with Gasteiger partial charge in [0.1, 0.15) is 18.1 Å². The predicted molar refractivity (Wildman–Crippen MR) is 49.9 cm³/mol. The molecule has 2 rings (SSSR count). The third-order valence-corrected chi connectivity index (χ3v) is 1.63. The SMILES string of the molecule is Cl.Oc1ccc2c(c1)OCC=C2. The van der Waals surface area contributed by atoms with E-state index in [1.54, 1.807) is 12.1 Å². The number of ether oxygens (including phenoxy) is 1. The molecular formula is C9H9ClO2. The Hall–Kier alpha value is -1.15. The van der Waals surface area contributed by atoms with Crippen molar-refractivity contribution in [2.24, 2.45) is 0 Å². The standard InChI is InChI=1S/C9H8O2.ClH/c10-8-4-3-7-2-1-5-11-9(7)6-8;/h1-4,6,10H,5H2;1H. The van der Waals surface area contributed by atoms with E-state index in [2.05, 4.69) is 0 Å². The van der Waals surface area contributed by atoms with Gasteiger partial charge >= 0.3 is 0 Å². The van der Waals surface area contributed by atoms with Gasteiger partial charge in [-0.25, -0.2) is 0 Å². The Balaban J connectivity index is 0.000000720. The van der Waals surface area contributed by atoms with Gasteiger partial charge in [-0.3, -0.25) is 0 Å². The van der Waals surface area contributed by atoms with Crippen LogP contribution < -0.4 is 4.74 Å². The molecule has 12 heavy (non-hydrogen) atoms. The highest BCUT2D eigenvalue weighted by molar-refractivity contribution is 5.85. The number of hydrogen-bond donors (Lipinski definition) is 1. The Kier molecular flexibility index (Phi) is 2.61. The number of phenolic OH excluding ortho intramolecular Hbond substituents is 1. The number of halogens is 1. The Morgan fingerprint density at radius 2 is 2.17 bits per heavy atom. The van der Waals surface area contributed by atoms with E-state index in [1.165, 1.54) is 0 Å². The number of rotatable bonds is 0. The second-order valence-electron chi connectivity index (χ2n) is 2.44. The van der Waals surface area contributed by atoms with Gasteiger partial charge in [-0.2, -0.15) is 0 Å². The zero-order valence-corrected chi connectivity index (χ0v) is 7.17. The molecule has 0 spiro atoms. The fraction of sp³-hybridized carbons (Fsp3) is 0.111. The van der Waals surface area contributed by atoms with Gasteiger partial charge in [0.2, 0.25) is 0 Å². The summed E-state index contributed by atoms with van der Waals surface area (Å²) < 4.78 is 5.26. The summed E-state index contributed by atoms with van der Waals surface area (Å²) in [5.41, 5.74) is 1.02. The lowest BCUT2D eigenvalue weighted by molar-refractivity contribution is 0.355. The quantitative estimate of drug-likeness (QED) is 0.670. The average molecular weight is 185 g/mol. The highest BCUT2D eigenvalue weighted by Gasteiger charge is 2.04. The van der Waals surface area contributed by atoms with E-state index in [-0.39, 0.29) is 18.2 Å². The summed E-state index contributed by atoms with van der Waals surface area (Å²) in [7, 11) is 0. The largest absolute Gasteiger partial charge is 0.508 e. The Bertz CT molecular complexity index is 307. The normalized spacial score (nSPS) is 12.7. The molecule has 0 amide bonds. The van der Waals surface area contributed by atoms with Crippen LogP contribution in [0.2, 0.25) is 0 Å². The molecule has 1 heterocycles. The van der Waals surface area contributed by atoms with E-state index in [0.29, 0.717) is 6.61 Å². The Labute approximate surface area is 76.9 Å². The van der Waals surface area contributed by atoms with Gasteiger partial charge in [0, 0.05) is 11.6 Å². The first-order valence-electron chi connectivity index (χ1n) is 3.48. The fourth-order valence-corrected chi connectivity index (χ4v) is 1.10. The summed E-state index contributed by atoms with van der Waals surface area (Å²) in [6.45, 7) is 0.594. The molecule has 1 N–H and O–H groups in total. The summed E-state index contributed by atoms with van der Waals surface area (Å²) >= 11 is 0. The minimum Gasteiger partial charge on any atom is -0.508 e. The van der Waals surface area contributed by atoms with Crippen molar-refractivity contribution in [3.05, 3.63) is 29.8 Å². The average Bonchev–Trinajstić information content (AvgIpc) is 2.04. The molecule has 0 fully saturated rings. The van der Waals surface area contributed by atoms with Crippen molar-refractivity contribution in [3.63, 3.8) is 0 Å². The van der Waals surface area contributed by atoms with Crippen LogP contribution in [-0.2, 0) is 0 Å². The van der Waals surface area contributed by atoms with Crippen LogP contribution in [0.25, 0.3) is 6.08 Å². The van der Waals surface area contributed by atoms with Crippen LogP contribution in [-0.4, -0.2) is 11.7 Å². The maximum Gasteiger partial charge on any atom is 0.130 e. The first kappa shape index (κ1) is 8.94. The van der Waals surface area contributed by atoms with Gasteiger partial charge in [-0.05, 0) is 18.2 Å². The van der Waals surface area contributed by atoms with Crippen LogP contribution in [0.4, 0.5) is 0 Å². The van der Waals surface area contributed by atoms with Crippen molar-refractivity contribution in [2.45, 2.75) is 0 Å². The molecule has 0 bridgehead atoms. The zero-order valence-electron chi connectivity index (χ0n) is 6.36. The Morgan fingerprint density at radius 1 is 1.33 bits per heavy atom. The smallest absolute Gasteiger partial charge is 0.130 e. The molecule has 0 atom stereocenters. The van der Waals surface area contributed by atoms with Crippen LogP contribution in [0, 0.1) is 0 Å². The summed E-state index contributed by atoms with van der Waals surface area (Å²) in [4.78, 5) is 0. The molecule has 3 heteroatoms. The van der Waals surface area contributed by atoms with Crippen LogP contribution in [0.1, 0.15) is 5.56 Å². The zero-order chi connectivity index (χ0) is 7.68. The van der Waals surface area contributed by atoms with Crippen LogP contribution >= 0.6 is 12.4 Å². The molecule has 0 aromatic heterocycles. The maximum absolute atomic E-state index is 9.08. The van der Waals surface area contributed by atoms with E-state index in [4.69, 9.17) is 9.84 Å². The van der Waals surface area contributed by atoms with Crippen LogP contribution in [0.5, 0.6) is 11.5 Å². The summed E-state index contributed by atoms with van der Waals surface area (Å²) in [6.07, 6.45) is 3.93. The predicted octanol–water partition coefficient (Wildman–Crippen LogP) is 2.22. The van der Waals surface area contributed by atoms with Gasteiger partial charge in [0.05, 0.1) is 0 Å². The molecule has 1 aromatic rings. The lowest BCUT2D eigenvalue weighted by Crippen LogP contribution is -1.99. The lowest BCUT2D eigenvalue weighted by atomic mass is 10.1. The molecular weight excluding hydrogens is 176 g/mol. The van der Waals surface area contributed by atoms with Gasteiger partial charge in [-0.1, -0.05) is 6.08 Å². The molecule has 2 nitrogen and oxygen atoms in total. The third kappa shape index (κ3) is 1.53. The summed E-state index contributed by atoms with van der Waals surface area (Å²) in [5, 5.41) is 9.08. The van der Waals surface area contributed by atoms with Crippen LogP contribution in [0.3, 0.4) is 0 Å². The molecule has 0 saturated carbocycles. The van der Waals surface area contributed by atoms with Crippen molar-refractivity contribution in [1.82, 2.24) is 0 Å². The molecule has 1 aliphatic heterocycles. The number of benzene rings is 1. The molecule has 0 aliphatic carbocycles. The Morgan fingerprint density at radius 3 is 3.00 bits per heavy atom. The van der Waals surface area contributed by atoms with Crippen molar-refractivity contribution >= 4 is 18.5 Å². The van der Waals surface area contributed by atoms with Gasteiger partial charge in [-0.15, -0.1) is 12.4 Å². The second-order valence-corrected chi connectivity index (χ2v) is 2.44. The minimum absolute atomic E-state index is 0. The van der Waals surface area contributed by atoms with Crippen molar-refractivity contribution in [2.75, 3.05) is 6.61 Å². The molecule has 0 unspecified atom stereocenters. The number of fused-ring (bicyclic) bond motifs is 1. The van der Waals surface area contributed by atoms with Gasteiger partial charge in [0.25, 0.3) is 0 Å². The van der Waals surface area contributed by atoms with Gasteiger partial charge in [0.15, 0.2) is 0 Å².